The van der Waals surface area contributed by atoms with Crippen molar-refractivity contribution in [3.05, 3.63) is 29.8 Å². The molecule has 0 spiro atoms. The summed E-state index contributed by atoms with van der Waals surface area (Å²) in [5, 5.41) is 3.46. The van der Waals surface area contributed by atoms with Crippen LogP contribution in [0.3, 0.4) is 0 Å². The number of hydrogen-bond acceptors (Lipinski definition) is 2. The van der Waals surface area contributed by atoms with E-state index in [4.69, 9.17) is 0 Å². The molecule has 1 heterocycles. The average Bonchev–Trinajstić information content (AvgIpc) is 2.59. The van der Waals surface area contributed by atoms with Crippen molar-refractivity contribution in [3.8, 4) is 0 Å². The van der Waals surface area contributed by atoms with Crippen molar-refractivity contribution < 1.29 is 8.78 Å². The summed E-state index contributed by atoms with van der Waals surface area (Å²) in [7, 11) is 0. The van der Waals surface area contributed by atoms with Crippen LogP contribution in [0.5, 0.6) is 0 Å². The highest BCUT2D eigenvalue weighted by molar-refractivity contribution is 5.48. The van der Waals surface area contributed by atoms with Crippen molar-refractivity contribution in [2.75, 3.05) is 24.5 Å². The highest BCUT2D eigenvalue weighted by Gasteiger charge is 2.20. The quantitative estimate of drug-likeness (QED) is 0.892. The molecule has 1 unspecified atom stereocenters. The fraction of sp³-hybridized carbons (Fsp3) is 0.571. The van der Waals surface area contributed by atoms with Crippen LogP contribution < -0.4 is 10.2 Å². The monoisotopic (exact) mass is 254 g/mol. The minimum Gasteiger partial charge on any atom is -0.367 e. The second-order valence-corrected chi connectivity index (χ2v) is 4.81. The normalized spacial score (nSPS) is 20.8. The van der Waals surface area contributed by atoms with Crippen LogP contribution in [0.1, 0.15) is 26.2 Å². The van der Waals surface area contributed by atoms with Crippen molar-refractivity contribution >= 4 is 5.69 Å². The summed E-state index contributed by atoms with van der Waals surface area (Å²) >= 11 is 0. The van der Waals surface area contributed by atoms with E-state index in [1.807, 2.05) is 4.90 Å². The lowest BCUT2D eigenvalue weighted by molar-refractivity contribution is 0.490. The van der Waals surface area contributed by atoms with E-state index >= 15 is 0 Å². The summed E-state index contributed by atoms with van der Waals surface area (Å²) < 4.78 is 27.1. The Bertz CT molecular complexity index is 395. The topological polar surface area (TPSA) is 15.3 Å². The fourth-order valence-corrected chi connectivity index (χ4v) is 2.50. The van der Waals surface area contributed by atoms with Crippen LogP contribution in [0.15, 0.2) is 18.2 Å². The predicted octanol–water partition coefficient (Wildman–Crippen LogP) is 2.93. The second kappa shape index (κ2) is 6.14. The number of nitrogens with one attached hydrogen (secondary N) is 1. The van der Waals surface area contributed by atoms with E-state index in [0.29, 0.717) is 11.7 Å². The molecule has 1 aromatic carbocycles. The first-order valence-corrected chi connectivity index (χ1v) is 6.64. The first-order valence-electron chi connectivity index (χ1n) is 6.64. The van der Waals surface area contributed by atoms with Gasteiger partial charge in [0.05, 0.1) is 5.69 Å². The number of nitrogens with zero attached hydrogens (tertiary/aromatic N) is 1. The van der Waals surface area contributed by atoms with Crippen molar-refractivity contribution in [2.24, 2.45) is 0 Å². The molecule has 1 aliphatic heterocycles. The van der Waals surface area contributed by atoms with Gasteiger partial charge >= 0.3 is 0 Å². The zero-order valence-electron chi connectivity index (χ0n) is 10.8. The minimum absolute atomic E-state index is 0.361. The molecule has 0 saturated carbocycles. The maximum atomic E-state index is 13.8. The van der Waals surface area contributed by atoms with Gasteiger partial charge in [0.25, 0.3) is 0 Å². The lowest BCUT2D eigenvalue weighted by Crippen LogP contribution is -2.38. The third kappa shape index (κ3) is 2.99. The van der Waals surface area contributed by atoms with Gasteiger partial charge in [0.1, 0.15) is 0 Å². The lowest BCUT2D eigenvalue weighted by atomic mass is 10.1. The van der Waals surface area contributed by atoms with Crippen LogP contribution in [-0.2, 0) is 0 Å². The number of hydrogen-bond donors (Lipinski definition) is 1. The van der Waals surface area contributed by atoms with Crippen LogP contribution in [0, 0.1) is 11.6 Å². The Morgan fingerprint density at radius 2 is 2.22 bits per heavy atom. The molecule has 0 bridgehead atoms. The van der Waals surface area contributed by atoms with E-state index in [-0.39, 0.29) is 0 Å². The molecule has 0 aromatic heterocycles. The van der Waals surface area contributed by atoms with Gasteiger partial charge in [-0.2, -0.15) is 0 Å². The second-order valence-electron chi connectivity index (χ2n) is 4.81. The van der Waals surface area contributed by atoms with E-state index in [9.17, 15) is 8.78 Å². The smallest absolute Gasteiger partial charge is 0.182 e. The number of anilines is 1. The van der Waals surface area contributed by atoms with Crippen molar-refractivity contribution in [1.82, 2.24) is 5.32 Å². The maximum absolute atomic E-state index is 13.8. The number of halogens is 2. The molecule has 1 aliphatic rings. The molecule has 1 saturated heterocycles. The van der Waals surface area contributed by atoms with Crippen molar-refractivity contribution in [1.29, 1.82) is 0 Å². The van der Waals surface area contributed by atoms with E-state index in [0.717, 1.165) is 38.9 Å². The molecular weight excluding hydrogens is 234 g/mol. The van der Waals surface area contributed by atoms with Crippen LogP contribution in [-0.4, -0.2) is 25.7 Å². The molecule has 1 atom stereocenters. The average molecular weight is 254 g/mol. The van der Waals surface area contributed by atoms with E-state index in [1.54, 1.807) is 12.1 Å². The third-order valence-electron chi connectivity index (χ3n) is 3.39. The summed E-state index contributed by atoms with van der Waals surface area (Å²) in [6.45, 7) is 4.60. The summed E-state index contributed by atoms with van der Waals surface area (Å²) in [4.78, 5) is 1.96. The zero-order valence-corrected chi connectivity index (χ0v) is 10.8. The van der Waals surface area contributed by atoms with Gasteiger partial charge < -0.3 is 10.2 Å². The Hall–Kier alpha value is -1.16. The number of benzene rings is 1. The Labute approximate surface area is 107 Å². The Kier molecular flexibility index (Phi) is 4.53. The van der Waals surface area contributed by atoms with Gasteiger partial charge in [-0.1, -0.05) is 19.4 Å². The van der Waals surface area contributed by atoms with Gasteiger partial charge in [-0.15, -0.1) is 0 Å². The molecule has 100 valence electrons. The van der Waals surface area contributed by atoms with E-state index in [2.05, 4.69) is 12.2 Å². The Balaban J connectivity index is 2.17. The molecule has 0 amide bonds. The van der Waals surface area contributed by atoms with Crippen molar-refractivity contribution in [3.63, 3.8) is 0 Å². The van der Waals surface area contributed by atoms with Crippen LogP contribution >= 0.6 is 0 Å². The third-order valence-corrected chi connectivity index (χ3v) is 3.39. The molecule has 18 heavy (non-hydrogen) atoms. The molecule has 4 heteroatoms. The Morgan fingerprint density at radius 3 is 3.00 bits per heavy atom. The fourth-order valence-electron chi connectivity index (χ4n) is 2.50. The first-order chi connectivity index (χ1) is 8.72. The maximum Gasteiger partial charge on any atom is 0.182 e. The first kappa shape index (κ1) is 13.3. The molecule has 1 aromatic rings. The largest absolute Gasteiger partial charge is 0.367 e. The van der Waals surface area contributed by atoms with Gasteiger partial charge in [0.2, 0.25) is 0 Å². The molecule has 0 aliphatic carbocycles. The molecule has 2 nitrogen and oxygen atoms in total. The number of rotatable bonds is 3. The SMILES string of the molecule is CCCC1CN(c2cccc(F)c2F)CCCN1. The highest BCUT2D eigenvalue weighted by atomic mass is 19.2. The molecule has 0 radical (unpaired) electrons. The van der Waals surface area contributed by atoms with Crippen LogP contribution in [0.25, 0.3) is 0 Å². The zero-order chi connectivity index (χ0) is 13.0. The Morgan fingerprint density at radius 1 is 1.39 bits per heavy atom. The van der Waals surface area contributed by atoms with Gasteiger partial charge in [0.15, 0.2) is 11.6 Å². The molecule has 1 N–H and O–H groups in total. The standard InChI is InChI=1S/C14H20F2N2/c1-2-5-11-10-18(9-4-8-17-11)13-7-3-6-12(15)14(13)16/h3,6-7,11,17H,2,4-5,8-10H2,1H3. The van der Waals surface area contributed by atoms with Crippen LogP contribution in [0.2, 0.25) is 0 Å². The predicted molar refractivity (Wildman–Crippen MR) is 69.9 cm³/mol. The van der Waals surface area contributed by atoms with E-state index in [1.165, 1.54) is 6.07 Å². The van der Waals surface area contributed by atoms with Gasteiger partial charge in [0, 0.05) is 19.1 Å². The highest BCUT2D eigenvalue weighted by Crippen LogP contribution is 2.23. The summed E-state index contributed by atoms with van der Waals surface area (Å²) in [6.07, 6.45) is 3.11. The minimum atomic E-state index is -0.767. The molecule has 1 fully saturated rings. The van der Waals surface area contributed by atoms with Gasteiger partial charge in [-0.05, 0) is 31.5 Å². The van der Waals surface area contributed by atoms with Gasteiger partial charge in [-0.3, -0.25) is 0 Å². The van der Waals surface area contributed by atoms with E-state index < -0.39 is 11.6 Å². The lowest BCUT2D eigenvalue weighted by Gasteiger charge is -2.26. The summed E-state index contributed by atoms with van der Waals surface area (Å²) in [5.41, 5.74) is 0.389. The molecular formula is C14H20F2N2. The summed E-state index contributed by atoms with van der Waals surface area (Å²) in [6, 6.07) is 4.76. The van der Waals surface area contributed by atoms with Crippen LogP contribution in [0.4, 0.5) is 14.5 Å². The molecule has 2 rings (SSSR count). The summed E-state index contributed by atoms with van der Waals surface area (Å²) in [5.74, 6) is -1.49. The van der Waals surface area contributed by atoms with Gasteiger partial charge in [-0.25, -0.2) is 8.78 Å². The van der Waals surface area contributed by atoms with Crippen molar-refractivity contribution in [2.45, 2.75) is 32.2 Å².